The van der Waals surface area contributed by atoms with E-state index in [1.165, 1.54) is 0 Å². The molecule has 3 atom stereocenters. The van der Waals surface area contributed by atoms with Crippen LogP contribution in [0.3, 0.4) is 0 Å². The van der Waals surface area contributed by atoms with E-state index in [2.05, 4.69) is 29.8 Å². The molecule has 4 nitrogen and oxygen atoms in total. The first-order chi connectivity index (χ1) is 7.70. The number of hydrogen-bond acceptors (Lipinski definition) is 4. The summed E-state index contributed by atoms with van der Waals surface area (Å²) in [5.41, 5.74) is 0. The van der Waals surface area contributed by atoms with Crippen LogP contribution in [0.1, 0.15) is 19.8 Å². The fourth-order valence-electron chi connectivity index (χ4n) is 2.57. The smallest absolute Gasteiger partial charge is 0.124 e. The lowest BCUT2D eigenvalue weighted by Crippen LogP contribution is -2.52. The highest BCUT2D eigenvalue weighted by Crippen LogP contribution is 2.24. The third kappa shape index (κ3) is 2.54. The average Bonchev–Trinajstić information content (AvgIpc) is 2.69. The van der Waals surface area contributed by atoms with Gasteiger partial charge in [-0.1, -0.05) is 0 Å². The molecule has 0 aromatic heterocycles. The van der Waals surface area contributed by atoms with Crippen molar-refractivity contribution in [1.82, 2.24) is 9.80 Å². The van der Waals surface area contributed by atoms with Crippen molar-refractivity contribution in [2.75, 3.05) is 33.2 Å². The molecular formula is C12H21N3O. The van der Waals surface area contributed by atoms with Crippen LogP contribution >= 0.6 is 0 Å². The van der Waals surface area contributed by atoms with Gasteiger partial charge >= 0.3 is 0 Å². The highest BCUT2D eigenvalue weighted by atomic mass is 16.5. The number of nitrogens with zero attached hydrogens (tertiary/aromatic N) is 3. The lowest BCUT2D eigenvalue weighted by atomic mass is 10.1. The quantitative estimate of drug-likeness (QED) is 0.690. The Bertz CT molecular complexity index is 268. The lowest BCUT2D eigenvalue weighted by Gasteiger charge is -2.36. The van der Waals surface area contributed by atoms with Crippen molar-refractivity contribution >= 4 is 0 Å². The molecule has 0 bridgehead atoms. The monoisotopic (exact) mass is 223 g/mol. The Morgan fingerprint density at radius 3 is 2.44 bits per heavy atom. The molecule has 2 rings (SSSR count). The van der Waals surface area contributed by atoms with E-state index in [4.69, 9.17) is 4.74 Å². The van der Waals surface area contributed by atoms with E-state index in [0.29, 0.717) is 6.10 Å². The highest BCUT2D eigenvalue weighted by Gasteiger charge is 2.34. The van der Waals surface area contributed by atoms with Crippen molar-refractivity contribution in [2.24, 2.45) is 0 Å². The molecule has 4 heteroatoms. The molecule has 3 unspecified atom stereocenters. The maximum absolute atomic E-state index is 9.31. The number of hydrogen-bond donors (Lipinski definition) is 0. The fraction of sp³-hybridized carbons (Fsp3) is 0.917. The summed E-state index contributed by atoms with van der Waals surface area (Å²) in [5.74, 6) is 0. The summed E-state index contributed by atoms with van der Waals surface area (Å²) in [5, 5.41) is 9.31. The van der Waals surface area contributed by atoms with Crippen molar-refractivity contribution in [2.45, 2.75) is 38.0 Å². The van der Waals surface area contributed by atoms with Gasteiger partial charge in [0.15, 0.2) is 0 Å². The fourth-order valence-corrected chi connectivity index (χ4v) is 2.57. The molecule has 0 aromatic carbocycles. The predicted molar refractivity (Wildman–Crippen MR) is 62.0 cm³/mol. The van der Waals surface area contributed by atoms with E-state index >= 15 is 0 Å². The van der Waals surface area contributed by atoms with E-state index in [9.17, 15) is 5.26 Å². The number of nitriles is 1. The first-order valence-electron chi connectivity index (χ1n) is 6.18. The van der Waals surface area contributed by atoms with Gasteiger partial charge < -0.3 is 9.64 Å². The Kier molecular flexibility index (Phi) is 3.80. The summed E-state index contributed by atoms with van der Waals surface area (Å²) >= 11 is 0. The molecule has 16 heavy (non-hydrogen) atoms. The van der Waals surface area contributed by atoms with Crippen LogP contribution in [0.5, 0.6) is 0 Å². The summed E-state index contributed by atoms with van der Waals surface area (Å²) < 4.78 is 5.82. The van der Waals surface area contributed by atoms with E-state index in [1.54, 1.807) is 0 Å². The van der Waals surface area contributed by atoms with Crippen LogP contribution in [-0.4, -0.2) is 61.3 Å². The maximum Gasteiger partial charge on any atom is 0.124 e. The summed E-state index contributed by atoms with van der Waals surface area (Å²) in [6, 6.07) is 2.39. The average molecular weight is 223 g/mol. The van der Waals surface area contributed by atoms with Crippen LogP contribution in [0.4, 0.5) is 0 Å². The van der Waals surface area contributed by atoms with Crippen molar-refractivity contribution in [1.29, 1.82) is 5.26 Å². The van der Waals surface area contributed by atoms with Gasteiger partial charge in [-0.2, -0.15) is 5.26 Å². The van der Waals surface area contributed by atoms with Crippen molar-refractivity contribution in [3.05, 3.63) is 0 Å². The molecule has 2 aliphatic heterocycles. The maximum atomic E-state index is 9.31. The molecule has 0 radical (unpaired) electrons. The Morgan fingerprint density at radius 1 is 1.25 bits per heavy atom. The van der Waals surface area contributed by atoms with Crippen LogP contribution in [0.25, 0.3) is 0 Å². The summed E-state index contributed by atoms with van der Waals surface area (Å²) in [6.45, 7) is 6.19. The summed E-state index contributed by atoms with van der Waals surface area (Å²) in [4.78, 5) is 4.59. The molecule has 0 aliphatic carbocycles. The number of likely N-dealkylation sites (N-methyl/N-ethyl adjacent to an activating group) is 1. The molecule has 0 saturated carbocycles. The van der Waals surface area contributed by atoms with Crippen LogP contribution in [0, 0.1) is 11.3 Å². The number of piperazine rings is 1. The Labute approximate surface area is 97.8 Å². The zero-order chi connectivity index (χ0) is 11.5. The molecule has 2 fully saturated rings. The van der Waals surface area contributed by atoms with E-state index in [1.807, 2.05) is 0 Å². The molecule has 0 aromatic rings. The first-order valence-corrected chi connectivity index (χ1v) is 6.18. The van der Waals surface area contributed by atoms with Gasteiger partial charge in [0.05, 0.1) is 18.3 Å². The van der Waals surface area contributed by atoms with Gasteiger partial charge in [-0.15, -0.1) is 0 Å². The third-order valence-electron chi connectivity index (χ3n) is 3.68. The second-order valence-electron chi connectivity index (χ2n) is 4.98. The van der Waals surface area contributed by atoms with Crippen LogP contribution < -0.4 is 0 Å². The zero-order valence-corrected chi connectivity index (χ0v) is 10.2. The van der Waals surface area contributed by atoms with Gasteiger partial charge in [-0.25, -0.2) is 0 Å². The van der Waals surface area contributed by atoms with Crippen LogP contribution in [0.2, 0.25) is 0 Å². The van der Waals surface area contributed by atoms with Crippen LogP contribution in [0.15, 0.2) is 0 Å². The predicted octanol–water partition coefficient (Wildman–Crippen LogP) is 0.693. The Morgan fingerprint density at radius 2 is 1.94 bits per heavy atom. The van der Waals surface area contributed by atoms with Crippen molar-refractivity contribution in [3.8, 4) is 6.07 Å². The molecule has 90 valence electrons. The topological polar surface area (TPSA) is 39.5 Å². The molecule has 0 N–H and O–H groups in total. The third-order valence-corrected chi connectivity index (χ3v) is 3.68. The van der Waals surface area contributed by atoms with Crippen molar-refractivity contribution < 1.29 is 4.74 Å². The molecular weight excluding hydrogens is 202 g/mol. The molecule has 2 saturated heterocycles. The van der Waals surface area contributed by atoms with Gasteiger partial charge in [0, 0.05) is 26.2 Å². The second-order valence-corrected chi connectivity index (χ2v) is 4.98. The molecule has 0 amide bonds. The molecule has 0 spiro atoms. The normalized spacial score (nSPS) is 34.8. The molecule has 2 aliphatic rings. The standard InChI is InChI=1S/C12H21N3O/c1-10-3-4-12(16-10)11(9-13)15-7-5-14(2)6-8-15/h10-12H,3-8H2,1-2H3. The first kappa shape index (κ1) is 11.8. The Hall–Kier alpha value is -0.630. The largest absolute Gasteiger partial charge is 0.373 e. The number of ether oxygens (including phenoxy) is 1. The second kappa shape index (κ2) is 5.13. The van der Waals surface area contributed by atoms with Gasteiger partial charge in [0.1, 0.15) is 6.04 Å². The minimum atomic E-state index is -0.0429. The highest BCUT2D eigenvalue weighted by molar-refractivity contribution is 5.00. The van der Waals surface area contributed by atoms with E-state index < -0.39 is 0 Å². The van der Waals surface area contributed by atoms with E-state index in [-0.39, 0.29) is 12.1 Å². The summed E-state index contributed by atoms with van der Waals surface area (Å²) in [6.07, 6.45) is 2.58. The lowest BCUT2D eigenvalue weighted by molar-refractivity contribution is -0.000663. The Balaban J connectivity index is 1.92. The minimum absolute atomic E-state index is 0.0429. The van der Waals surface area contributed by atoms with Gasteiger partial charge in [0.2, 0.25) is 0 Å². The number of rotatable bonds is 2. The van der Waals surface area contributed by atoms with Gasteiger partial charge in [-0.3, -0.25) is 4.90 Å². The zero-order valence-electron chi connectivity index (χ0n) is 10.2. The summed E-state index contributed by atoms with van der Waals surface area (Å²) in [7, 11) is 2.13. The van der Waals surface area contributed by atoms with E-state index in [0.717, 1.165) is 39.0 Å². The molecule has 2 heterocycles. The van der Waals surface area contributed by atoms with Gasteiger partial charge in [0.25, 0.3) is 0 Å². The van der Waals surface area contributed by atoms with Gasteiger partial charge in [-0.05, 0) is 26.8 Å². The van der Waals surface area contributed by atoms with Crippen molar-refractivity contribution in [3.63, 3.8) is 0 Å². The van der Waals surface area contributed by atoms with Crippen LogP contribution in [-0.2, 0) is 4.74 Å². The minimum Gasteiger partial charge on any atom is -0.373 e. The SMILES string of the molecule is CC1CCC(C(C#N)N2CCN(C)CC2)O1.